The van der Waals surface area contributed by atoms with Gasteiger partial charge in [-0.1, -0.05) is 0 Å². The van der Waals surface area contributed by atoms with Crippen LogP contribution in [-0.4, -0.2) is 44.0 Å². The largest absolute Gasteiger partial charge is 0.464 e. The zero-order valence-electron chi connectivity index (χ0n) is 10.7. The molecule has 0 aliphatic rings. The van der Waals surface area contributed by atoms with Crippen LogP contribution in [0.5, 0.6) is 0 Å². The lowest BCUT2D eigenvalue weighted by Gasteiger charge is -2.18. The Morgan fingerprint density at radius 1 is 1.41 bits per heavy atom. The quantitative estimate of drug-likeness (QED) is 0.548. The van der Waals surface area contributed by atoms with Gasteiger partial charge in [-0.15, -0.1) is 0 Å². The predicted molar refractivity (Wildman–Crippen MR) is 64.3 cm³/mol. The van der Waals surface area contributed by atoms with E-state index in [0.29, 0.717) is 0 Å². The Kier molecular flexibility index (Phi) is 7.07. The summed E-state index contributed by atoms with van der Waals surface area (Å²) in [4.78, 5) is 21.9. The molecule has 0 aromatic rings. The lowest BCUT2D eigenvalue weighted by molar-refractivity contribution is -0.150. The van der Waals surface area contributed by atoms with Crippen LogP contribution in [0.4, 0.5) is 0 Å². The SMILES string of the molecule is CCOC(=O)[C@@H](C)OP(C)(=O)CCNC(C)=O. The van der Waals surface area contributed by atoms with Gasteiger partial charge in [0.05, 0.1) is 6.61 Å². The minimum absolute atomic E-state index is 0.191. The number of rotatable bonds is 7. The molecule has 100 valence electrons. The molecule has 1 unspecified atom stereocenters. The topological polar surface area (TPSA) is 81.7 Å². The molecule has 0 aromatic heterocycles. The predicted octanol–water partition coefficient (Wildman–Crippen LogP) is 0.999. The Morgan fingerprint density at radius 2 is 2.00 bits per heavy atom. The van der Waals surface area contributed by atoms with Gasteiger partial charge in [0.1, 0.15) is 0 Å². The maximum absolute atomic E-state index is 11.9. The van der Waals surface area contributed by atoms with E-state index < -0.39 is 19.4 Å². The van der Waals surface area contributed by atoms with Crippen LogP contribution in [-0.2, 0) is 23.4 Å². The van der Waals surface area contributed by atoms with Crippen LogP contribution < -0.4 is 5.32 Å². The number of carbonyl (C=O) groups excluding carboxylic acids is 2. The third-order valence-electron chi connectivity index (χ3n) is 1.89. The molecular weight excluding hydrogens is 245 g/mol. The summed E-state index contributed by atoms with van der Waals surface area (Å²) in [5, 5.41) is 2.52. The second-order valence-corrected chi connectivity index (χ2v) is 6.41. The molecule has 7 heteroatoms. The van der Waals surface area contributed by atoms with Crippen molar-refractivity contribution < 1.29 is 23.4 Å². The Morgan fingerprint density at radius 3 is 2.47 bits per heavy atom. The molecule has 0 aromatic carbocycles. The van der Waals surface area contributed by atoms with Gasteiger partial charge in [-0.25, -0.2) is 4.79 Å². The minimum Gasteiger partial charge on any atom is -0.464 e. The number of amides is 1. The average molecular weight is 265 g/mol. The highest BCUT2D eigenvalue weighted by atomic mass is 31.2. The van der Waals surface area contributed by atoms with Crippen molar-refractivity contribution in [3.63, 3.8) is 0 Å². The van der Waals surface area contributed by atoms with Gasteiger partial charge in [-0.2, -0.15) is 0 Å². The Balaban J connectivity index is 4.10. The zero-order chi connectivity index (χ0) is 13.5. The van der Waals surface area contributed by atoms with E-state index >= 15 is 0 Å². The van der Waals surface area contributed by atoms with Crippen LogP contribution in [0.2, 0.25) is 0 Å². The molecule has 0 aliphatic carbocycles. The van der Waals surface area contributed by atoms with Crippen molar-refractivity contribution in [2.24, 2.45) is 0 Å². The summed E-state index contributed by atoms with van der Waals surface area (Å²) in [6.07, 6.45) is -0.667. The van der Waals surface area contributed by atoms with Gasteiger partial charge < -0.3 is 14.6 Å². The number of esters is 1. The fourth-order valence-corrected chi connectivity index (χ4v) is 2.50. The highest BCUT2D eigenvalue weighted by Gasteiger charge is 2.24. The molecule has 0 aliphatic heterocycles. The summed E-state index contributed by atoms with van der Waals surface area (Å²) >= 11 is 0. The van der Waals surface area contributed by atoms with Crippen molar-refractivity contribution in [3.8, 4) is 0 Å². The zero-order valence-corrected chi connectivity index (χ0v) is 11.6. The number of ether oxygens (including phenoxy) is 1. The van der Waals surface area contributed by atoms with Gasteiger partial charge in [0, 0.05) is 26.3 Å². The van der Waals surface area contributed by atoms with Gasteiger partial charge in [0.25, 0.3) is 0 Å². The third-order valence-corrected chi connectivity index (χ3v) is 3.69. The molecule has 0 rings (SSSR count). The van der Waals surface area contributed by atoms with E-state index in [1.54, 1.807) is 6.92 Å². The maximum Gasteiger partial charge on any atom is 0.335 e. The van der Waals surface area contributed by atoms with E-state index in [4.69, 9.17) is 9.26 Å². The van der Waals surface area contributed by atoms with Crippen LogP contribution >= 0.6 is 7.37 Å². The average Bonchev–Trinajstić information content (AvgIpc) is 2.16. The monoisotopic (exact) mass is 265 g/mol. The van der Waals surface area contributed by atoms with E-state index in [1.165, 1.54) is 20.5 Å². The maximum atomic E-state index is 11.9. The van der Waals surface area contributed by atoms with Crippen molar-refractivity contribution in [1.82, 2.24) is 5.32 Å². The standard InChI is InChI=1S/C10H20NO5P/c1-5-15-10(13)8(2)16-17(4,14)7-6-11-9(3)12/h8H,5-7H2,1-4H3,(H,11,12)/t8-,17?/m1/s1. The molecule has 0 bridgehead atoms. The van der Waals surface area contributed by atoms with Crippen LogP contribution in [0.25, 0.3) is 0 Å². The van der Waals surface area contributed by atoms with Gasteiger partial charge in [0.2, 0.25) is 13.3 Å². The third kappa shape index (κ3) is 7.94. The highest BCUT2D eigenvalue weighted by Crippen LogP contribution is 2.43. The first kappa shape index (κ1) is 16.1. The lowest BCUT2D eigenvalue weighted by atomic mass is 10.4. The summed E-state index contributed by atoms with van der Waals surface area (Å²) in [5.74, 6) is -0.724. The first-order valence-electron chi connectivity index (χ1n) is 5.44. The Hall–Kier alpha value is -0.870. The normalized spacial score (nSPS) is 15.8. The van der Waals surface area contributed by atoms with Gasteiger partial charge in [-0.3, -0.25) is 9.36 Å². The Bertz CT molecular complexity index is 318. The van der Waals surface area contributed by atoms with Crippen LogP contribution in [0.15, 0.2) is 0 Å². The van der Waals surface area contributed by atoms with Crippen molar-refractivity contribution in [1.29, 1.82) is 0 Å². The molecule has 0 spiro atoms. The molecule has 6 nitrogen and oxygen atoms in total. The summed E-state index contributed by atoms with van der Waals surface area (Å²) in [6, 6.07) is 0. The number of nitrogens with one attached hydrogen (secondary N) is 1. The second kappa shape index (κ2) is 7.45. The molecule has 17 heavy (non-hydrogen) atoms. The molecule has 0 radical (unpaired) electrons. The lowest BCUT2D eigenvalue weighted by Crippen LogP contribution is -2.26. The van der Waals surface area contributed by atoms with Gasteiger partial charge in [0.15, 0.2) is 6.10 Å². The van der Waals surface area contributed by atoms with Crippen molar-refractivity contribution >= 4 is 19.2 Å². The second-order valence-electron chi connectivity index (χ2n) is 3.72. The molecule has 1 amide bonds. The summed E-state index contributed by atoms with van der Waals surface area (Å²) in [6.45, 7) is 6.51. The van der Waals surface area contributed by atoms with E-state index in [2.05, 4.69) is 5.32 Å². The van der Waals surface area contributed by atoms with Crippen molar-refractivity contribution in [3.05, 3.63) is 0 Å². The van der Waals surface area contributed by atoms with E-state index in [9.17, 15) is 14.2 Å². The van der Waals surface area contributed by atoms with Gasteiger partial charge in [-0.05, 0) is 13.8 Å². The highest BCUT2D eigenvalue weighted by molar-refractivity contribution is 7.58. The van der Waals surface area contributed by atoms with Crippen molar-refractivity contribution in [2.45, 2.75) is 26.9 Å². The van der Waals surface area contributed by atoms with E-state index in [0.717, 1.165) is 0 Å². The molecule has 0 heterocycles. The molecule has 0 fully saturated rings. The summed E-state index contributed by atoms with van der Waals surface area (Å²) < 4.78 is 21.8. The smallest absolute Gasteiger partial charge is 0.335 e. The first-order valence-corrected chi connectivity index (χ1v) is 7.70. The first-order chi connectivity index (χ1) is 7.78. The number of hydrogen-bond acceptors (Lipinski definition) is 5. The number of hydrogen-bond donors (Lipinski definition) is 1. The summed E-state index contributed by atoms with van der Waals surface area (Å²) in [7, 11) is -2.90. The van der Waals surface area contributed by atoms with Crippen LogP contribution in [0.3, 0.4) is 0 Å². The fraction of sp³-hybridized carbons (Fsp3) is 0.800. The number of carbonyl (C=O) groups is 2. The van der Waals surface area contributed by atoms with Crippen LogP contribution in [0, 0.1) is 0 Å². The van der Waals surface area contributed by atoms with Crippen molar-refractivity contribution in [2.75, 3.05) is 26.0 Å². The molecule has 0 saturated heterocycles. The van der Waals surface area contributed by atoms with E-state index in [-0.39, 0.29) is 25.2 Å². The Labute approximate surface area is 101 Å². The van der Waals surface area contributed by atoms with Crippen LogP contribution in [0.1, 0.15) is 20.8 Å². The molecule has 2 atom stereocenters. The molecular formula is C10H20NO5P. The van der Waals surface area contributed by atoms with E-state index in [1.807, 2.05) is 0 Å². The molecule has 0 saturated carbocycles. The van der Waals surface area contributed by atoms with Gasteiger partial charge >= 0.3 is 5.97 Å². The fourth-order valence-electron chi connectivity index (χ4n) is 1.12. The molecule has 1 N–H and O–H groups in total. The minimum atomic E-state index is -2.90. The summed E-state index contributed by atoms with van der Waals surface area (Å²) in [5.41, 5.74) is 0.